The van der Waals surface area contributed by atoms with Gasteiger partial charge in [-0.2, -0.15) is 0 Å². The van der Waals surface area contributed by atoms with Gasteiger partial charge in [0.25, 0.3) is 0 Å². The standard InChI is InChI=1S/C18H18ClN3O2/c1-11-2-5-13(6-3-11)22-9-8-16(18(22)24)21-12-4-7-15(19)14(10-12)17(20)23/h2-7,10,16,21H,8-9H2,1H3,(H2,20,23)/t16-/m0/s1. The van der Waals surface area contributed by atoms with Crippen LogP contribution >= 0.6 is 11.6 Å². The Morgan fingerprint density at radius 2 is 1.96 bits per heavy atom. The van der Waals surface area contributed by atoms with Gasteiger partial charge in [0.05, 0.1) is 10.6 Å². The predicted molar refractivity (Wildman–Crippen MR) is 95.5 cm³/mol. The summed E-state index contributed by atoms with van der Waals surface area (Å²) in [7, 11) is 0. The predicted octanol–water partition coefficient (Wildman–Crippen LogP) is 2.96. The first-order chi connectivity index (χ1) is 11.5. The van der Waals surface area contributed by atoms with Gasteiger partial charge in [0.15, 0.2) is 0 Å². The smallest absolute Gasteiger partial charge is 0.250 e. The Labute approximate surface area is 145 Å². The molecule has 2 amide bonds. The SMILES string of the molecule is Cc1ccc(N2CC[C@H](Nc3ccc(Cl)c(C(N)=O)c3)C2=O)cc1. The molecule has 2 aromatic rings. The molecule has 24 heavy (non-hydrogen) atoms. The summed E-state index contributed by atoms with van der Waals surface area (Å²) in [5, 5.41) is 3.46. The first-order valence-corrected chi connectivity index (χ1v) is 8.07. The highest BCUT2D eigenvalue weighted by molar-refractivity contribution is 6.33. The van der Waals surface area contributed by atoms with Crippen LogP contribution in [0.5, 0.6) is 0 Å². The Balaban J connectivity index is 1.75. The fourth-order valence-corrected chi connectivity index (χ4v) is 3.01. The van der Waals surface area contributed by atoms with Crippen molar-refractivity contribution < 1.29 is 9.59 Å². The first-order valence-electron chi connectivity index (χ1n) is 7.69. The van der Waals surface area contributed by atoms with Crippen LogP contribution in [0.1, 0.15) is 22.3 Å². The van der Waals surface area contributed by atoms with E-state index < -0.39 is 5.91 Å². The molecule has 124 valence electrons. The number of hydrogen-bond donors (Lipinski definition) is 2. The van der Waals surface area contributed by atoms with E-state index in [-0.39, 0.29) is 17.5 Å². The zero-order valence-electron chi connectivity index (χ0n) is 13.3. The molecule has 2 aromatic carbocycles. The zero-order valence-corrected chi connectivity index (χ0v) is 14.0. The lowest BCUT2D eigenvalue weighted by atomic mass is 10.1. The maximum Gasteiger partial charge on any atom is 0.250 e. The maximum absolute atomic E-state index is 12.6. The van der Waals surface area contributed by atoms with Crippen LogP contribution in [0, 0.1) is 6.92 Å². The van der Waals surface area contributed by atoms with Gasteiger partial charge in [-0.25, -0.2) is 0 Å². The molecular formula is C18H18ClN3O2. The van der Waals surface area contributed by atoms with Crippen molar-refractivity contribution in [2.75, 3.05) is 16.8 Å². The van der Waals surface area contributed by atoms with Crippen molar-refractivity contribution in [1.82, 2.24) is 0 Å². The van der Waals surface area contributed by atoms with E-state index in [0.717, 1.165) is 11.3 Å². The molecule has 3 N–H and O–H groups in total. The number of carbonyl (C=O) groups excluding carboxylic acids is 2. The number of rotatable bonds is 4. The summed E-state index contributed by atoms with van der Waals surface area (Å²) in [5.74, 6) is -0.586. The second kappa shape index (κ2) is 6.53. The third-order valence-corrected chi connectivity index (χ3v) is 4.45. The fourth-order valence-electron chi connectivity index (χ4n) is 2.80. The van der Waals surface area contributed by atoms with E-state index in [1.54, 1.807) is 23.1 Å². The van der Waals surface area contributed by atoms with Crippen LogP contribution < -0.4 is 16.0 Å². The molecule has 0 saturated carbocycles. The van der Waals surface area contributed by atoms with Gasteiger partial charge in [-0.1, -0.05) is 29.3 Å². The lowest BCUT2D eigenvalue weighted by Crippen LogP contribution is -2.33. The van der Waals surface area contributed by atoms with Crippen LogP contribution in [-0.2, 0) is 4.79 Å². The summed E-state index contributed by atoms with van der Waals surface area (Å²) in [4.78, 5) is 25.8. The highest BCUT2D eigenvalue weighted by Gasteiger charge is 2.32. The van der Waals surface area contributed by atoms with E-state index in [0.29, 0.717) is 23.7 Å². The summed E-state index contributed by atoms with van der Waals surface area (Å²) in [6.07, 6.45) is 0.682. The second-order valence-electron chi connectivity index (χ2n) is 5.87. The fraction of sp³-hybridized carbons (Fsp3) is 0.222. The number of nitrogens with two attached hydrogens (primary N) is 1. The Morgan fingerprint density at radius 3 is 2.62 bits per heavy atom. The van der Waals surface area contributed by atoms with E-state index in [1.807, 2.05) is 31.2 Å². The zero-order chi connectivity index (χ0) is 17.3. The normalized spacial score (nSPS) is 17.2. The Kier molecular flexibility index (Phi) is 4.44. The molecule has 1 atom stereocenters. The lowest BCUT2D eigenvalue weighted by Gasteiger charge is -2.18. The average molecular weight is 344 g/mol. The van der Waals surface area contributed by atoms with Crippen molar-refractivity contribution in [3.05, 3.63) is 58.6 Å². The molecule has 1 fully saturated rings. The summed E-state index contributed by atoms with van der Waals surface area (Å²) in [5.41, 5.74) is 8.24. The summed E-state index contributed by atoms with van der Waals surface area (Å²) in [6.45, 7) is 2.66. The number of primary amides is 1. The van der Waals surface area contributed by atoms with Gasteiger partial charge in [-0.3, -0.25) is 9.59 Å². The molecule has 0 aromatic heterocycles. The van der Waals surface area contributed by atoms with Gasteiger partial charge in [-0.05, 0) is 43.7 Å². The van der Waals surface area contributed by atoms with E-state index in [2.05, 4.69) is 5.32 Å². The van der Waals surface area contributed by atoms with Crippen molar-refractivity contribution in [3.63, 3.8) is 0 Å². The maximum atomic E-state index is 12.6. The molecule has 3 rings (SSSR count). The van der Waals surface area contributed by atoms with E-state index in [4.69, 9.17) is 17.3 Å². The molecule has 0 aliphatic carbocycles. The van der Waals surface area contributed by atoms with Crippen LogP contribution in [0.4, 0.5) is 11.4 Å². The Morgan fingerprint density at radius 1 is 1.25 bits per heavy atom. The van der Waals surface area contributed by atoms with Gasteiger partial charge in [-0.15, -0.1) is 0 Å². The molecule has 0 radical (unpaired) electrons. The first kappa shape index (κ1) is 16.3. The van der Waals surface area contributed by atoms with Crippen molar-refractivity contribution >= 4 is 34.8 Å². The Hall–Kier alpha value is -2.53. The summed E-state index contributed by atoms with van der Waals surface area (Å²) >= 11 is 5.95. The van der Waals surface area contributed by atoms with E-state index >= 15 is 0 Å². The molecule has 5 nitrogen and oxygen atoms in total. The number of nitrogens with zero attached hydrogens (tertiary/aromatic N) is 1. The van der Waals surface area contributed by atoms with Crippen LogP contribution in [0.2, 0.25) is 5.02 Å². The molecule has 1 heterocycles. The van der Waals surface area contributed by atoms with E-state index in [1.165, 1.54) is 0 Å². The minimum Gasteiger partial charge on any atom is -0.374 e. The molecule has 1 aliphatic heterocycles. The molecule has 0 unspecified atom stereocenters. The highest BCUT2D eigenvalue weighted by atomic mass is 35.5. The minimum absolute atomic E-state index is 0.00873. The lowest BCUT2D eigenvalue weighted by molar-refractivity contribution is -0.117. The summed E-state index contributed by atoms with van der Waals surface area (Å²) in [6, 6.07) is 12.4. The van der Waals surface area contributed by atoms with Gasteiger partial charge < -0.3 is 16.0 Å². The van der Waals surface area contributed by atoms with Crippen LogP contribution in [0.25, 0.3) is 0 Å². The topological polar surface area (TPSA) is 75.4 Å². The number of anilines is 2. The second-order valence-corrected chi connectivity index (χ2v) is 6.28. The van der Waals surface area contributed by atoms with Crippen LogP contribution in [-0.4, -0.2) is 24.4 Å². The number of carbonyl (C=O) groups is 2. The minimum atomic E-state index is -0.595. The molecular weight excluding hydrogens is 326 g/mol. The molecule has 1 aliphatic rings. The number of hydrogen-bond acceptors (Lipinski definition) is 3. The quantitative estimate of drug-likeness (QED) is 0.896. The van der Waals surface area contributed by atoms with Crippen LogP contribution in [0.3, 0.4) is 0 Å². The average Bonchev–Trinajstić information content (AvgIpc) is 2.91. The molecule has 0 bridgehead atoms. The third kappa shape index (κ3) is 3.21. The van der Waals surface area contributed by atoms with Crippen LogP contribution in [0.15, 0.2) is 42.5 Å². The van der Waals surface area contributed by atoms with Gasteiger partial charge in [0, 0.05) is 17.9 Å². The van der Waals surface area contributed by atoms with Gasteiger partial charge in [0.1, 0.15) is 6.04 Å². The van der Waals surface area contributed by atoms with Crippen molar-refractivity contribution in [2.24, 2.45) is 5.73 Å². The number of benzene rings is 2. The van der Waals surface area contributed by atoms with Gasteiger partial charge in [0.2, 0.25) is 11.8 Å². The number of aryl methyl sites for hydroxylation is 1. The monoisotopic (exact) mass is 343 g/mol. The van der Waals surface area contributed by atoms with Crippen molar-refractivity contribution in [1.29, 1.82) is 0 Å². The Bertz CT molecular complexity index is 789. The highest BCUT2D eigenvalue weighted by Crippen LogP contribution is 2.26. The number of nitrogens with one attached hydrogen (secondary N) is 1. The molecule has 6 heteroatoms. The van der Waals surface area contributed by atoms with E-state index in [9.17, 15) is 9.59 Å². The largest absolute Gasteiger partial charge is 0.374 e. The van der Waals surface area contributed by atoms with Crippen molar-refractivity contribution in [3.8, 4) is 0 Å². The van der Waals surface area contributed by atoms with Gasteiger partial charge >= 0.3 is 0 Å². The third-order valence-electron chi connectivity index (χ3n) is 4.12. The van der Waals surface area contributed by atoms with Crippen molar-refractivity contribution in [2.45, 2.75) is 19.4 Å². The molecule has 0 spiro atoms. The summed E-state index contributed by atoms with van der Waals surface area (Å²) < 4.78 is 0. The number of halogens is 1. The number of amides is 2. The molecule has 1 saturated heterocycles.